The first-order valence-corrected chi connectivity index (χ1v) is 5.82. The summed E-state index contributed by atoms with van der Waals surface area (Å²) in [7, 11) is 0. The van der Waals surface area contributed by atoms with E-state index >= 15 is 0 Å². The normalized spacial score (nSPS) is 13.8. The van der Waals surface area contributed by atoms with Crippen LogP contribution in [0, 0.1) is 11.3 Å². The second-order valence-corrected chi connectivity index (χ2v) is 4.24. The fourth-order valence-corrected chi connectivity index (χ4v) is 2.32. The van der Waals surface area contributed by atoms with Gasteiger partial charge in [-0.15, -0.1) is 5.10 Å². The van der Waals surface area contributed by atoms with Crippen LogP contribution >= 0.6 is 0 Å². The Labute approximate surface area is 103 Å². The Morgan fingerprint density at radius 3 is 3.06 bits per heavy atom. The predicted octanol–water partition coefficient (Wildman–Crippen LogP) is 0.716. The molecule has 1 aliphatic rings. The molecule has 0 spiro atoms. The Morgan fingerprint density at radius 2 is 2.28 bits per heavy atom. The first-order valence-electron chi connectivity index (χ1n) is 5.82. The molecule has 0 atom stereocenters. The molecular formula is C12H12N4O2. The smallest absolute Gasteiger partial charge is 0.114 e. The van der Waals surface area contributed by atoms with Crippen LogP contribution in [0.1, 0.15) is 23.1 Å². The molecule has 6 nitrogen and oxygen atoms in total. The van der Waals surface area contributed by atoms with Crippen LogP contribution in [0.5, 0.6) is 0 Å². The van der Waals surface area contributed by atoms with Crippen molar-refractivity contribution < 1.29 is 9.84 Å². The van der Waals surface area contributed by atoms with Crippen molar-refractivity contribution in [1.82, 2.24) is 15.0 Å². The van der Waals surface area contributed by atoms with Crippen LogP contribution in [0.15, 0.2) is 6.07 Å². The van der Waals surface area contributed by atoms with E-state index in [2.05, 4.69) is 16.4 Å². The third kappa shape index (κ3) is 1.56. The molecule has 0 unspecified atom stereocenters. The first-order chi connectivity index (χ1) is 8.85. The van der Waals surface area contributed by atoms with Crippen molar-refractivity contribution >= 4 is 11.0 Å². The molecule has 2 heterocycles. The fourth-order valence-electron chi connectivity index (χ4n) is 2.32. The summed E-state index contributed by atoms with van der Waals surface area (Å²) in [6.07, 6.45) is 0.633. The first kappa shape index (κ1) is 11.1. The van der Waals surface area contributed by atoms with Crippen molar-refractivity contribution in [3.8, 4) is 6.07 Å². The van der Waals surface area contributed by atoms with E-state index in [-0.39, 0.29) is 6.61 Å². The highest BCUT2D eigenvalue weighted by Gasteiger charge is 2.22. The molecule has 3 rings (SSSR count). The monoisotopic (exact) mass is 244 g/mol. The summed E-state index contributed by atoms with van der Waals surface area (Å²) in [4.78, 5) is 0. The van der Waals surface area contributed by atoms with Gasteiger partial charge in [-0.25, -0.2) is 4.68 Å². The minimum Gasteiger partial charge on any atom is -0.396 e. The maximum Gasteiger partial charge on any atom is 0.114 e. The zero-order chi connectivity index (χ0) is 12.5. The molecule has 1 aliphatic heterocycles. The van der Waals surface area contributed by atoms with Crippen molar-refractivity contribution in [2.75, 3.05) is 6.61 Å². The van der Waals surface area contributed by atoms with Gasteiger partial charge < -0.3 is 9.84 Å². The van der Waals surface area contributed by atoms with E-state index in [1.807, 2.05) is 0 Å². The minimum atomic E-state index is 0.121. The van der Waals surface area contributed by atoms with Crippen LogP contribution in [0.4, 0.5) is 0 Å². The number of nitriles is 1. The summed E-state index contributed by atoms with van der Waals surface area (Å²) in [6, 6.07) is 3.93. The summed E-state index contributed by atoms with van der Waals surface area (Å²) in [5, 5.41) is 26.2. The van der Waals surface area contributed by atoms with E-state index in [9.17, 15) is 0 Å². The van der Waals surface area contributed by atoms with Crippen LogP contribution < -0.4 is 0 Å². The van der Waals surface area contributed by atoms with Gasteiger partial charge in [-0.05, 0) is 12.5 Å². The van der Waals surface area contributed by atoms with Crippen LogP contribution in [-0.2, 0) is 24.5 Å². The number of hydrogen-bond acceptors (Lipinski definition) is 5. The van der Waals surface area contributed by atoms with Crippen molar-refractivity contribution in [3.63, 3.8) is 0 Å². The minimum absolute atomic E-state index is 0.121. The maximum absolute atomic E-state index is 9.12. The number of aliphatic hydroxyl groups is 1. The number of aromatic nitrogens is 3. The topological polar surface area (TPSA) is 84.0 Å². The van der Waals surface area contributed by atoms with Crippen LogP contribution in [0.2, 0.25) is 0 Å². The summed E-state index contributed by atoms with van der Waals surface area (Å²) in [5.74, 6) is 0. The Morgan fingerprint density at radius 1 is 1.44 bits per heavy atom. The highest BCUT2D eigenvalue weighted by Crippen LogP contribution is 2.30. The molecule has 0 saturated heterocycles. The van der Waals surface area contributed by atoms with Crippen molar-refractivity contribution in [2.24, 2.45) is 0 Å². The molecule has 92 valence electrons. The van der Waals surface area contributed by atoms with E-state index < -0.39 is 0 Å². The predicted molar refractivity (Wildman–Crippen MR) is 62.4 cm³/mol. The molecule has 0 radical (unpaired) electrons. The van der Waals surface area contributed by atoms with E-state index in [1.54, 1.807) is 10.7 Å². The molecule has 1 aromatic heterocycles. The molecule has 1 N–H and O–H groups in total. The summed E-state index contributed by atoms with van der Waals surface area (Å²) in [5.41, 5.74) is 4.21. The van der Waals surface area contributed by atoms with Gasteiger partial charge >= 0.3 is 0 Å². The molecule has 2 aromatic rings. The zero-order valence-electron chi connectivity index (χ0n) is 9.76. The molecule has 0 saturated carbocycles. The second kappa shape index (κ2) is 4.37. The lowest BCUT2D eigenvalue weighted by molar-refractivity contribution is 0.134. The number of benzene rings is 1. The molecule has 0 amide bonds. The van der Waals surface area contributed by atoms with Gasteiger partial charge in [0, 0.05) is 24.3 Å². The quantitative estimate of drug-likeness (QED) is 0.859. The highest BCUT2D eigenvalue weighted by molar-refractivity contribution is 5.82. The summed E-state index contributed by atoms with van der Waals surface area (Å²) < 4.78 is 7.20. The molecule has 6 heteroatoms. The Balaban J connectivity index is 2.20. The number of ether oxygens (including phenoxy) is 1. The molecule has 0 fully saturated rings. The number of aryl methyl sites for hydroxylation is 1. The fraction of sp³-hybridized carbons (Fsp3) is 0.417. The average molecular weight is 244 g/mol. The Kier molecular flexibility index (Phi) is 2.70. The molecule has 0 bridgehead atoms. The van der Waals surface area contributed by atoms with Gasteiger partial charge in [0.25, 0.3) is 0 Å². The molecular weight excluding hydrogens is 232 g/mol. The Hall–Kier alpha value is -1.97. The van der Waals surface area contributed by atoms with E-state index in [4.69, 9.17) is 15.1 Å². The van der Waals surface area contributed by atoms with Crippen molar-refractivity contribution in [1.29, 1.82) is 5.26 Å². The van der Waals surface area contributed by atoms with Crippen molar-refractivity contribution in [2.45, 2.75) is 26.2 Å². The van der Waals surface area contributed by atoms with E-state index in [0.29, 0.717) is 37.3 Å². The van der Waals surface area contributed by atoms with Gasteiger partial charge in [0.05, 0.1) is 30.4 Å². The number of hydrogen-bond donors (Lipinski definition) is 1. The standard InChI is InChI=1S/C12H12N4O2/c13-5-8-4-11-12(10-7-18-6-9(8)10)16(15-14-11)2-1-3-17/h4,17H,1-3,6-7H2. The molecule has 0 aliphatic carbocycles. The summed E-state index contributed by atoms with van der Waals surface area (Å²) in [6.45, 7) is 1.70. The lowest BCUT2D eigenvalue weighted by atomic mass is 10.0. The van der Waals surface area contributed by atoms with Crippen LogP contribution in [-0.4, -0.2) is 26.7 Å². The van der Waals surface area contributed by atoms with Gasteiger partial charge in [0.2, 0.25) is 0 Å². The zero-order valence-corrected chi connectivity index (χ0v) is 9.76. The van der Waals surface area contributed by atoms with E-state index in [1.165, 1.54) is 0 Å². The van der Waals surface area contributed by atoms with Crippen LogP contribution in [0.25, 0.3) is 11.0 Å². The number of fused-ring (bicyclic) bond motifs is 3. The van der Waals surface area contributed by atoms with Gasteiger partial charge in [-0.3, -0.25) is 0 Å². The van der Waals surface area contributed by atoms with Crippen LogP contribution in [0.3, 0.4) is 0 Å². The summed E-state index contributed by atoms with van der Waals surface area (Å²) >= 11 is 0. The van der Waals surface area contributed by atoms with Crippen molar-refractivity contribution in [3.05, 3.63) is 22.8 Å². The van der Waals surface area contributed by atoms with Gasteiger partial charge in [-0.1, -0.05) is 5.21 Å². The molecule has 18 heavy (non-hydrogen) atoms. The SMILES string of the molecule is N#Cc1cc2nnn(CCCO)c2c2c1COC2. The van der Waals surface area contributed by atoms with E-state index in [0.717, 1.165) is 16.6 Å². The molecule has 1 aromatic carbocycles. The average Bonchev–Trinajstić information content (AvgIpc) is 3.01. The van der Waals surface area contributed by atoms with Gasteiger partial charge in [0.1, 0.15) is 5.52 Å². The lowest BCUT2D eigenvalue weighted by Gasteiger charge is -2.05. The third-order valence-electron chi connectivity index (χ3n) is 3.16. The second-order valence-electron chi connectivity index (χ2n) is 4.24. The largest absolute Gasteiger partial charge is 0.396 e. The van der Waals surface area contributed by atoms with Gasteiger partial charge in [0.15, 0.2) is 0 Å². The highest BCUT2D eigenvalue weighted by atomic mass is 16.5. The number of aliphatic hydroxyl groups excluding tert-OH is 1. The third-order valence-corrected chi connectivity index (χ3v) is 3.16. The Bertz CT molecular complexity index is 642. The lowest BCUT2D eigenvalue weighted by Crippen LogP contribution is -2.04. The maximum atomic E-state index is 9.12. The van der Waals surface area contributed by atoms with Gasteiger partial charge in [-0.2, -0.15) is 5.26 Å². The number of rotatable bonds is 3. The number of nitrogens with zero attached hydrogens (tertiary/aromatic N) is 4.